The van der Waals surface area contributed by atoms with Crippen molar-refractivity contribution >= 4 is 22.8 Å². The quantitative estimate of drug-likeness (QED) is 0.725. The highest BCUT2D eigenvalue weighted by molar-refractivity contribution is 5.94. The number of para-hydroxylation sites is 2. The highest BCUT2D eigenvalue weighted by Gasteiger charge is 2.25. The Hall–Kier alpha value is -3.35. The fourth-order valence-electron chi connectivity index (χ4n) is 3.63. The van der Waals surface area contributed by atoms with Crippen molar-refractivity contribution in [3.05, 3.63) is 70.6 Å². The zero-order valence-corrected chi connectivity index (χ0v) is 15.4. The molecule has 0 radical (unpaired) electrons. The smallest absolute Gasteiger partial charge is 0.326 e. The predicted molar refractivity (Wildman–Crippen MR) is 106 cm³/mol. The van der Waals surface area contributed by atoms with Gasteiger partial charge in [-0.2, -0.15) is 0 Å². The molecule has 2 heterocycles. The Balaban J connectivity index is 1.34. The van der Waals surface area contributed by atoms with Crippen LogP contribution in [-0.2, 0) is 11.3 Å². The van der Waals surface area contributed by atoms with E-state index in [1.807, 2.05) is 42.5 Å². The first-order chi connectivity index (χ1) is 13.6. The van der Waals surface area contributed by atoms with Gasteiger partial charge in [-0.15, -0.1) is 0 Å². The summed E-state index contributed by atoms with van der Waals surface area (Å²) in [5.74, 6) is -0.171. The van der Waals surface area contributed by atoms with Crippen molar-refractivity contribution < 1.29 is 9.59 Å². The fourth-order valence-corrected chi connectivity index (χ4v) is 3.63. The maximum atomic E-state index is 12.7. The molecule has 1 aliphatic rings. The molecule has 1 aliphatic heterocycles. The molecular weight excluding hydrogens is 356 g/mol. The van der Waals surface area contributed by atoms with Gasteiger partial charge in [0.2, 0.25) is 5.91 Å². The molecule has 1 fully saturated rings. The third-order valence-corrected chi connectivity index (χ3v) is 5.19. The average Bonchev–Trinajstić information content (AvgIpc) is 3.04. The Labute approximate surface area is 162 Å². The van der Waals surface area contributed by atoms with Crippen LogP contribution in [0.4, 0.5) is 0 Å². The molecule has 0 unspecified atom stereocenters. The van der Waals surface area contributed by atoms with Gasteiger partial charge in [0, 0.05) is 24.7 Å². The second kappa shape index (κ2) is 7.72. The number of aromatic amines is 1. The van der Waals surface area contributed by atoms with E-state index in [-0.39, 0.29) is 30.1 Å². The minimum atomic E-state index is -0.278. The molecule has 7 heteroatoms. The molecule has 28 heavy (non-hydrogen) atoms. The Morgan fingerprint density at radius 2 is 1.68 bits per heavy atom. The van der Waals surface area contributed by atoms with Gasteiger partial charge in [0.25, 0.3) is 5.91 Å². The third kappa shape index (κ3) is 3.69. The summed E-state index contributed by atoms with van der Waals surface area (Å²) in [6, 6.07) is 16.5. The SMILES string of the molecule is O=C(NC1CCN(C(=O)Cn2c(=O)[nH]c3ccccc32)CC1)c1ccccc1. The van der Waals surface area contributed by atoms with E-state index in [1.165, 1.54) is 4.57 Å². The van der Waals surface area contributed by atoms with Crippen LogP contribution in [0.2, 0.25) is 0 Å². The number of nitrogens with zero attached hydrogens (tertiary/aromatic N) is 2. The number of imidazole rings is 1. The van der Waals surface area contributed by atoms with Gasteiger partial charge in [0.15, 0.2) is 0 Å². The molecule has 3 aromatic rings. The number of benzene rings is 2. The van der Waals surface area contributed by atoms with E-state index in [4.69, 9.17) is 0 Å². The molecule has 2 aromatic carbocycles. The van der Waals surface area contributed by atoms with Crippen LogP contribution in [0.3, 0.4) is 0 Å². The van der Waals surface area contributed by atoms with Gasteiger partial charge in [-0.05, 0) is 37.1 Å². The molecule has 7 nitrogen and oxygen atoms in total. The summed E-state index contributed by atoms with van der Waals surface area (Å²) >= 11 is 0. The summed E-state index contributed by atoms with van der Waals surface area (Å²) in [5.41, 5.74) is 1.81. The number of nitrogens with one attached hydrogen (secondary N) is 2. The maximum Gasteiger partial charge on any atom is 0.326 e. The normalized spacial score (nSPS) is 14.9. The van der Waals surface area contributed by atoms with Crippen molar-refractivity contribution in [1.29, 1.82) is 0 Å². The number of hydrogen-bond acceptors (Lipinski definition) is 3. The number of carbonyl (C=O) groups excluding carboxylic acids is 2. The second-order valence-electron chi connectivity index (χ2n) is 7.03. The lowest BCUT2D eigenvalue weighted by molar-refractivity contribution is -0.132. The van der Waals surface area contributed by atoms with E-state index in [0.29, 0.717) is 31.5 Å². The van der Waals surface area contributed by atoms with Crippen LogP contribution >= 0.6 is 0 Å². The van der Waals surface area contributed by atoms with E-state index >= 15 is 0 Å². The topological polar surface area (TPSA) is 87.2 Å². The van der Waals surface area contributed by atoms with Gasteiger partial charge in [0.05, 0.1) is 11.0 Å². The van der Waals surface area contributed by atoms with E-state index in [1.54, 1.807) is 17.0 Å². The van der Waals surface area contributed by atoms with Crippen molar-refractivity contribution in [3.8, 4) is 0 Å². The minimum Gasteiger partial charge on any atom is -0.349 e. The van der Waals surface area contributed by atoms with E-state index < -0.39 is 0 Å². The summed E-state index contributed by atoms with van der Waals surface area (Å²) < 4.78 is 1.47. The first-order valence-electron chi connectivity index (χ1n) is 9.43. The molecule has 144 valence electrons. The molecule has 2 N–H and O–H groups in total. The summed E-state index contributed by atoms with van der Waals surface area (Å²) in [6.45, 7) is 1.15. The Morgan fingerprint density at radius 1 is 1.00 bits per heavy atom. The number of rotatable bonds is 4. The number of piperidine rings is 1. The number of likely N-dealkylation sites (tertiary alicyclic amines) is 1. The molecule has 2 amide bonds. The van der Waals surface area contributed by atoms with Crippen molar-refractivity contribution in [2.75, 3.05) is 13.1 Å². The molecule has 0 spiro atoms. The summed E-state index contributed by atoms with van der Waals surface area (Å²) in [5, 5.41) is 3.04. The molecule has 0 atom stereocenters. The van der Waals surface area contributed by atoms with Gasteiger partial charge < -0.3 is 15.2 Å². The molecule has 4 rings (SSSR count). The molecule has 1 saturated heterocycles. The second-order valence-corrected chi connectivity index (χ2v) is 7.03. The van der Waals surface area contributed by atoms with Crippen LogP contribution in [0.15, 0.2) is 59.4 Å². The van der Waals surface area contributed by atoms with Crippen LogP contribution in [0.5, 0.6) is 0 Å². The largest absolute Gasteiger partial charge is 0.349 e. The van der Waals surface area contributed by atoms with Gasteiger partial charge in [-0.3, -0.25) is 14.2 Å². The minimum absolute atomic E-state index is 0.0177. The number of fused-ring (bicyclic) bond motifs is 1. The Kier molecular flexibility index (Phi) is 4.97. The first kappa shape index (κ1) is 18.0. The standard InChI is InChI=1S/C21H22N4O3/c26-19(14-25-18-9-5-4-8-17(18)23-21(25)28)24-12-10-16(11-13-24)22-20(27)15-6-2-1-3-7-15/h1-9,16H,10-14H2,(H,22,27)(H,23,28). The fraction of sp³-hybridized carbons (Fsp3) is 0.286. The first-order valence-corrected chi connectivity index (χ1v) is 9.43. The van der Waals surface area contributed by atoms with E-state index in [9.17, 15) is 14.4 Å². The zero-order chi connectivity index (χ0) is 19.5. The summed E-state index contributed by atoms with van der Waals surface area (Å²) in [4.78, 5) is 41.6. The lowest BCUT2D eigenvalue weighted by atomic mass is 10.0. The van der Waals surface area contributed by atoms with Crippen molar-refractivity contribution in [2.45, 2.75) is 25.4 Å². The van der Waals surface area contributed by atoms with Crippen LogP contribution < -0.4 is 11.0 Å². The zero-order valence-electron chi connectivity index (χ0n) is 15.4. The van der Waals surface area contributed by atoms with Crippen molar-refractivity contribution in [1.82, 2.24) is 19.8 Å². The van der Waals surface area contributed by atoms with E-state index in [0.717, 1.165) is 11.0 Å². The van der Waals surface area contributed by atoms with Gasteiger partial charge in [-0.1, -0.05) is 30.3 Å². The van der Waals surface area contributed by atoms with Crippen LogP contribution in [0, 0.1) is 0 Å². The number of H-pyrrole nitrogens is 1. The Morgan fingerprint density at radius 3 is 2.43 bits per heavy atom. The van der Waals surface area contributed by atoms with Crippen molar-refractivity contribution in [3.63, 3.8) is 0 Å². The highest BCUT2D eigenvalue weighted by Crippen LogP contribution is 2.14. The monoisotopic (exact) mass is 378 g/mol. The Bertz CT molecular complexity index is 1050. The van der Waals surface area contributed by atoms with Gasteiger partial charge in [0.1, 0.15) is 6.54 Å². The predicted octanol–water partition coefficient (Wildman–Crippen LogP) is 1.75. The number of hydrogen-bond donors (Lipinski definition) is 2. The van der Waals surface area contributed by atoms with Crippen LogP contribution in [0.25, 0.3) is 11.0 Å². The molecule has 0 aliphatic carbocycles. The number of amides is 2. The molecule has 0 saturated carbocycles. The summed E-state index contributed by atoms with van der Waals surface area (Å²) in [7, 11) is 0. The van der Waals surface area contributed by atoms with Gasteiger partial charge in [-0.25, -0.2) is 4.79 Å². The van der Waals surface area contributed by atoms with E-state index in [2.05, 4.69) is 10.3 Å². The average molecular weight is 378 g/mol. The van der Waals surface area contributed by atoms with Crippen molar-refractivity contribution in [2.24, 2.45) is 0 Å². The molecule has 1 aromatic heterocycles. The molecular formula is C21H22N4O3. The number of carbonyl (C=O) groups is 2. The number of aromatic nitrogens is 2. The lowest BCUT2D eigenvalue weighted by Crippen LogP contribution is -2.47. The highest BCUT2D eigenvalue weighted by atomic mass is 16.2. The maximum absolute atomic E-state index is 12.7. The lowest BCUT2D eigenvalue weighted by Gasteiger charge is -2.32. The summed E-state index contributed by atoms with van der Waals surface area (Å²) in [6.07, 6.45) is 1.40. The third-order valence-electron chi connectivity index (χ3n) is 5.19. The molecule has 0 bridgehead atoms. The van der Waals surface area contributed by atoms with Crippen LogP contribution in [0.1, 0.15) is 23.2 Å². The van der Waals surface area contributed by atoms with Gasteiger partial charge >= 0.3 is 5.69 Å². The van der Waals surface area contributed by atoms with Crippen LogP contribution in [-0.4, -0.2) is 45.4 Å².